The van der Waals surface area contributed by atoms with Gasteiger partial charge in [0.25, 0.3) is 5.56 Å². The lowest BCUT2D eigenvalue weighted by Gasteiger charge is -2.34. The maximum Gasteiger partial charge on any atom is 0.263 e. The number of anilines is 1. The molecule has 0 radical (unpaired) electrons. The number of ether oxygens (including phenoxy) is 1. The molecule has 35 heavy (non-hydrogen) atoms. The number of rotatable bonds is 5. The number of aromatic nitrogens is 3. The molecule has 8 heteroatoms. The summed E-state index contributed by atoms with van der Waals surface area (Å²) in [6, 6.07) is 16.3. The summed E-state index contributed by atoms with van der Waals surface area (Å²) >= 11 is 6.01. The zero-order valence-electron chi connectivity index (χ0n) is 19.7. The van der Waals surface area contributed by atoms with E-state index in [9.17, 15) is 4.79 Å². The summed E-state index contributed by atoms with van der Waals surface area (Å²) in [5.74, 6) is 0.716. The molecule has 0 aliphatic carbocycles. The molecule has 0 saturated carbocycles. The molecule has 6 nitrogen and oxygen atoms in total. The molecule has 4 aromatic rings. The van der Waals surface area contributed by atoms with Gasteiger partial charge in [-0.25, -0.2) is 14.4 Å². The molecule has 1 aliphatic rings. The van der Waals surface area contributed by atoms with E-state index in [2.05, 4.69) is 4.90 Å². The minimum atomic E-state index is -0.533. The summed E-state index contributed by atoms with van der Waals surface area (Å²) in [5.41, 5.74) is 1.86. The van der Waals surface area contributed by atoms with E-state index in [1.807, 2.05) is 50.2 Å². The topological polar surface area (TPSA) is 60.3 Å². The van der Waals surface area contributed by atoms with Gasteiger partial charge in [-0.15, -0.1) is 0 Å². The lowest BCUT2D eigenvalue weighted by atomic mass is 10.1. The van der Waals surface area contributed by atoms with E-state index >= 15 is 4.39 Å². The van der Waals surface area contributed by atoms with E-state index in [0.29, 0.717) is 48.8 Å². The van der Waals surface area contributed by atoms with Crippen molar-refractivity contribution in [2.75, 3.05) is 24.6 Å². The molecule has 1 aliphatic heterocycles. The Morgan fingerprint density at radius 3 is 2.69 bits per heavy atom. The molecule has 2 aromatic carbocycles. The SMILES string of the molecule is CCCn1c(C)nc2cc(N3CCO[C@H](c4ccccc4)C3)nc(-c3ccc(Cl)cc3F)c2c1=O. The van der Waals surface area contributed by atoms with Gasteiger partial charge in [0.15, 0.2) is 0 Å². The van der Waals surface area contributed by atoms with Crippen molar-refractivity contribution in [2.24, 2.45) is 0 Å². The predicted molar refractivity (Wildman–Crippen MR) is 137 cm³/mol. The van der Waals surface area contributed by atoms with Crippen LogP contribution in [-0.2, 0) is 11.3 Å². The van der Waals surface area contributed by atoms with Gasteiger partial charge in [0.2, 0.25) is 0 Å². The van der Waals surface area contributed by atoms with Crippen LogP contribution in [0.1, 0.15) is 30.8 Å². The standard InChI is InChI=1S/C27H26ClFN4O2/c1-3-11-33-17(2)30-22-15-24(32-12-13-35-23(16-32)18-7-5-4-6-8-18)31-26(25(22)27(33)34)20-10-9-19(28)14-21(20)29/h4-10,14-15,23H,3,11-13,16H2,1-2H3/t23-/m0/s1. The maximum atomic E-state index is 15.1. The van der Waals surface area contributed by atoms with Crippen LogP contribution in [0.5, 0.6) is 0 Å². The minimum absolute atomic E-state index is 0.120. The highest BCUT2D eigenvalue weighted by atomic mass is 35.5. The lowest BCUT2D eigenvalue weighted by molar-refractivity contribution is 0.0395. The Hall–Kier alpha value is -3.29. The molecular weight excluding hydrogens is 467 g/mol. The van der Waals surface area contributed by atoms with E-state index in [1.165, 1.54) is 6.07 Å². The number of halogens is 2. The monoisotopic (exact) mass is 492 g/mol. The van der Waals surface area contributed by atoms with Gasteiger partial charge in [-0.2, -0.15) is 0 Å². The number of morpholine rings is 1. The highest BCUT2D eigenvalue weighted by Crippen LogP contribution is 2.33. The Balaban J connectivity index is 1.68. The van der Waals surface area contributed by atoms with Crippen LogP contribution in [0.3, 0.4) is 0 Å². The van der Waals surface area contributed by atoms with Gasteiger partial charge < -0.3 is 9.64 Å². The third-order valence-corrected chi connectivity index (χ3v) is 6.55. The Kier molecular flexibility index (Phi) is 6.54. The molecule has 2 aromatic heterocycles. The van der Waals surface area contributed by atoms with E-state index in [0.717, 1.165) is 12.0 Å². The van der Waals surface area contributed by atoms with Crippen molar-refractivity contribution in [3.8, 4) is 11.3 Å². The Morgan fingerprint density at radius 1 is 1.14 bits per heavy atom. The highest BCUT2D eigenvalue weighted by molar-refractivity contribution is 6.30. The Labute approximate surface area is 208 Å². The molecule has 0 spiro atoms. The van der Waals surface area contributed by atoms with Crippen molar-refractivity contribution in [2.45, 2.75) is 32.9 Å². The molecule has 0 N–H and O–H groups in total. The van der Waals surface area contributed by atoms with Crippen molar-refractivity contribution in [3.05, 3.63) is 87.2 Å². The molecule has 0 unspecified atom stereocenters. The normalized spacial score (nSPS) is 16.1. The fourth-order valence-corrected chi connectivity index (χ4v) is 4.74. The first kappa shape index (κ1) is 23.5. The Bertz CT molecular complexity index is 1440. The van der Waals surface area contributed by atoms with Gasteiger partial charge in [0, 0.05) is 36.3 Å². The van der Waals surface area contributed by atoms with Crippen molar-refractivity contribution in [1.29, 1.82) is 0 Å². The average molecular weight is 493 g/mol. The number of benzene rings is 2. The molecule has 1 fully saturated rings. The first-order valence-electron chi connectivity index (χ1n) is 11.8. The zero-order chi connectivity index (χ0) is 24.5. The first-order valence-corrected chi connectivity index (χ1v) is 12.1. The molecule has 0 amide bonds. The van der Waals surface area contributed by atoms with Crippen molar-refractivity contribution < 1.29 is 9.13 Å². The molecule has 1 saturated heterocycles. The summed E-state index contributed by atoms with van der Waals surface area (Å²) in [5, 5.41) is 0.588. The van der Waals surface area contributed by atoms with E-state index in [-0.39, 0.29) is 27.9 Å². The smallest absolute Gasteiger partial charge is 0.263 e. The minimum Gasteiger partial charge on any atom is -0.370 e. The van der Waals surface area contributed by atoms with E-state index < -0.39 is 5.82 Å². The van der Waals surface area contributed by atoms with Gasteiger partial charge in [-0.3, -0.25) is 9.36 Å². The second-order valence-electron chi connectivity index (χ2n) is 8.68. The van der Waals surface area contributed by atoms with Gasteiger partial charge >= 0.3 is 0 Å². The van der Waals surface area contributed by atoms with Gasteiger partial charge in [0.1, 0.15) is 23.6 Å². The van der Waals surface area contributed by atoms with Crippen molar-refractivity contribution in [3.63, 3.8) is 0 Å². The number of hydrogen-bond acceptors (Lipinski definition) is 5. The summed E-state index contributed by atoms with van der Waals surface area (Å²) in [6.07, 6.45) is 0.657. The zero-order valence-corrected chi connectivity index (χ0v) is 20.4. The quantitative estimate of drug-likeness (QED) is 0.365. The fraction of sp³-hybridized carbons (Fsp3) is 0.296. The highest BCUT2D eigenvalue weighted by Gasteiger charge is 2.26. The summed E-state index contributed by atoms with van der Waals surface area (Å²) in [4.78, 5) is 25.2. The van der Waals surface area contributed by atoms with Crippen molar-refractivity contribution in [1.82, 2.24) is 14.5 Å². The number of nitrogens with zero attached hydrogens (tertiary/aromatic N) is 4. The van der Waals surface area contributed by atoms with Crippen LogP contribution in [0.2, 0.25) is 5.02 Å². The molecular formula is C27H26ClFN4O2. The third kappa shape index (κ3) is 4.54. The summed E-state index contributed by atoms with van der Waals surface area (Å²) in [6.45, 7) is 6.07. The first-order chi connectivity index (χ1) is 17.0. The second-order valence-corrected chi connectivity index (χ2v) is 9.12. The number of fused-ring (bicyclic) bond motifs is 1. The summed E-state index contributed by atoms with van der Waals surface area (Å²) < 4.78 is 22.7. The second kappa shape index (κ2) is 9.76. The van der Waals surface area contributed by atoms with Crippen LogP contribution in [0.25, 0.3) is 22.2 Å². The van der Waals surface area contributed by atoms with Crippen LogP contribution in [0.15, 0.2) is 59.4 Å². The van der Waals surface area contributed by atoms with Gasteiger partial charge in [-0.1, -0.05) is 48.9 Å². The molecule has 3 heterocycles. The molecule has 1 atom stereocenters. The molecule has 180 valence electrons. The molecule has 5 rings (SSSR count). The third-order valence-electron chi connectivity index (χ3n) is 6.31. The van der Waals surface area contributed by atoms with Crippen LogP contribution < -0.4 is 10.5 Å². The van der Waals surface area contributed by atoms with E-state index in [4.69, 9.17) is 26.3 Å². The maximum absolute atomic E-state index is 15.1. The number of aryl methyl sites for hydroxylation is 1. The largest absolute Gasteiger partial charge is 0.370 e. The van der Waals surface area contributed by atoms with Crippen LogP contribution >= 0.6 is 11.6 Å². The average Bonchev–Trinajstić information content (AvgIpc) is 2.86. The number of pyridine rings is 1. The Morgan fingerprint density at radius 2 is 1.94 bits per heavy atom. The van der Waals surface area contributed by atoms with Crippen LogP contribution in [0.4, 0.5) is 10.2 Å². The van der Waals surface area contributed by atoms with Crippen LogP contribution in [0, 0.1) is 12.7 Å². The summed E-state index contributed by atoms with van der Waals surface area (Å²) in [7, 11) is 0. The number of hydrogen-bond donors (Lipinski definition) is 0. The van der Waals surface area contributed by atoms with Crippen LogP contribution in [-0.4, -0.2) is 34.2 Å². The van der Waals surface area contributed by atoms with Gasteiger partial charge in [0.05, 0.1) is 23.2 Å². The predicted octanol–water partition coefficient (Wildman–Crippen LogP) is 5.55. The van der Waals surface area contributed by atoms with Gasteiger partial charge in [-0.05, 0) is 37.1 Å². The fourth-order valence-electron chi connectivity index (χ4n) is 4.59. The molecule has 0 bridgehead atoms. The lowest BCUT2D eigenvalue weighted by Crippen LogP contribution is -2.39. The van der Waals surface area contributed by atoms with Crippen molar-refractivity contribution >= 4 is 28.3 Å². The van der Waals surface area contributed by atoms with E-state index in [1.54, 1.807) is 16.7 Å².